The van der Waals surface area contributed by atoms with Gasteiger partial charge < -0.3 is 19.7 Å². The molecule has 1 aromatic heterocycles. The Balaban J connectivity index is 1.24. The van der Waals surface area contributed by atoms with Crippen molar-refractivity contribution >= 4 is 59.5 Å². The number of halogens is 2. The highest BCUT2D eigenvalue weighted by Gasteiger charge is 2.44. The molecule has 11 nitrogen and oxygen atoms in total. The summed E-state index contributed by atoms with van der Waals surface area (Å²) in [6.45, 7) is 2.58. The molecule has 2 fully saturated rings. The van der Waals surface area contributed by atoms with Crippen LogP contribution in [-0.2, 0) is 44.1 Å². The average molecular weight is 886 g/mol. The lowest BCUT2D eigenvalue weighted by molar-refractivity contribution is -0.124. The highest BCUT2D eigenvalue weighted by molar-refractivity contribution is 9.13. The highest BCUT2D eigenvalue weighted by atomic mass is 79.9. The van der Waals surface area contributed by atoms with E-state index in [1.807, 2.05) is 67.6 Å². The molecule has 288 valence electrons. The first kappa shape index (κ1) is 40.1. The first-order chi connectivity index (χ1) is 25.9. The fraction of sp³-hybridized carbons (Fsp3) is 0.425. The van der Waals surface area contributed by atoms with Crippen LogP contribution in [0, 0.1) is 0 Å². The van der Waals surface area contributed by atoms with Gasteiger partial charge in [-0.2, -0.15) is 5.10 Å². The number of aromatic nitrogens is 2. The lowest BCUT2D eigenvalue weighted by Crippen LogP contribution is -2.57. The Morgan fingerprint density at radius 1 is 0.870 bits per heavy atom. The summed E-state index contributed by atoms with van der Waals surface area (Å²) >= 11 is 6.74. The second kappa shape index (κ2) is 17.9. The van der Waals surface area contributed by atoms with Crippen molar-refractivity contribution in [3.63, 3.8) is 0 Å². The van der Waals surface area contributed by atoms with E-state index < -0.39 is 21.5 Å². The third-order valence-corrected chi connectivity index (χ3v) is 13.8. The van der Waals surface area contributed by atoms with Gasteiger partial charge >= 0.3 is 0 Å². The van der Waals surface area contributed by atoms with Crippen molar-refractivity contribution in [1.82, 2.24) is 20.0 Å². The molecule has 0 radical (unpaired) electrons. The Morgan fingerprint density at radius 3 is 2.20 bits per heavy atom. The number of benzene rings is 3. The van der Waals surface area contributed by atoms with Gasteiger partial charge in [0.1, 0.15) is 12.2 Å². The number of nitrogens with one attached hydrogen (secondary N) is 2. The number of sulfonamides is 1. The van der Waals surface area contributed by atoms with Gasteiger partial charge in [0.25, 0.3) is 15.9 Å². The second-order valence-electron chi connectivity index (χ2n) is 14.3. The molecule has 54 heavy (non-hydrogen) atoms. The van der Waals surface area contributed by atoms with Crippen molar-refractivity contribution in [1.29, 1.82) is 0 Å². The summed E-state index contributed by atoms with van der Waals surface area (Å²) in [7, 11) is -2.36. The van der Waals surface area contributed by atoms with Crippen molar-refractivity contribution in [3.05, 3.63) is 111 Å². The molecule has 4 aromatic rings. The summed E-state index contributed by atoms with van der Waals surface area (Å²) in [5.74, 6) is -0.827. The summed E-state index contributed by atoms with van der Waals surface area (Å²) in [6.07, 6.45) is 6.52. The number of nitrogens with zero attached hydrogens (tertiary/aromatic N) is 3. The standard InChI is InChI=1S/C40H47Br2N5O6S/c1-40(22-12-11-19-36(40)53-27-29-15-7-4-8-16-29)46(2)39(49)34-24-37(45-54(50,51)30-20-21-31(41)32(42)23-30)44-47(34)25-38(48)43-33-17-9-10-18-35(33)52-26-28-13-5-3-6-14-28/h3-8,13-16,20-21,23-24,33,35-36H,9-12,17-19,22,25-27H2,1-2H3,(H,43,48)(H,44,45)/t33-,35-,36-,40+/m0/s1. The first-order valence-electron chi connectivity index (χ1n) is 18.4. The van der Waals surface area contributed by atoms with E-state index in [4.69, 9.17) is 9.47 Å². The molecule has 4 atom stereocenters. The summed E-state index contributed by atoms with van der Waals surface area (Å²) in [5, 5.41) is 7.63. The van der Waals surface area contributed by atoms with Crippen LogP contribution in [0.1, 0.15) is 79.9 Å². The molecule has 0 aliphatic heterocycles. The van der Waals surface area contributed by atoms with Gasteiger partial charge in [0, 0.05) is 22.1 Å². The molecule has 2 saturated carbocycles. The zero-order chi connectivity index (χ0) is 38.3. The molecule has 2 N–H and O–H groups in total. The molecule has 2 aliphatic carbocycles. The molecular formula is C40H47Br2N5O6S. The van der Waals surface area contributed by atoms with E-state index in [1.54, 1.807) is 18.0 Å². The van der Waals surface area contributed by atoms with Crippen molar-refractivity contribution < 1.29 is 27.5 Å². The minimum atomic E-state index is -4.10. The Hall–Kier alpha value is -3.56. The largest absolute Gasteiger partial charge is 0.371 e. The summed E-state index contributed by atoms with van der Waals surface area (Å²) < 4.78 is 44.8. The maximum atomic E-state index is 14.5. The van der Waals surface area contributed by atoms with Gasteiger partial charge in [-0.3, -0.25) is 14.3 Å². The maximum Gasteiger partial charge on any atom is 0.272 e. The van der Waals surface area contributed by atoms with Crippen LogP contribution >= 0.6 is 31.9 Å². The molecule has 3 aromatic carbocycles. The molecule has 6 rings (SSSR count). The van der Waals surface area contributed by atoms with Crippen LogP contribution in [-0.4, -0.2) is 65.7 Å². The van der Waals surface area contributed by atoms with Crippen LogP contribution in [0.25, 0.3) is 0 Å². The van der Waals surface area contributed by atoms with E-state index in [-0.39, 0.29) is 47.1 Å². The molecule has 2 aliphatic rings. The van der Waals surface area contributed by atoms with E-state index in [0.29, 0.717) is 28.6 Å². The summed E-state index contributed by atoms with van der Waals surface area (Å²) in [6, 6.07) is 25.6. The fourth-order valence-corrected chi connectivity index (χ4v) is 9.12. The zero-order valence-corrected chi connectivity index (χ0v) is 34.5. The van der Waals surface area contributed by atoms with Crippen LogP contribution in [0.15, 0.2) is 98.8 Å². The van der Waals surface area contributed by atoms with Crippen LogP contribution in [0.2, 0.25) is 0 Å². The van der Waals surface area contributed by atoms with Gasteiger partial charge in [-0.25, -0.2) is 13.1 Å². The molecule has 1 heterocycles. The zero-order valence-electron chi connectivity index (χ0n) is 30.5. The second-order valence-corrected chi connectivity index (χ2v) is 17.7. The van der Waals surface area contributed by atoms with E-state index in [1.165, 1.54) is 22.9 Å². The summed E-state index contributed by atoms with van der Waals surface area (Å²) in [4.78, 5) is 30.0. The molecule has 2 amide bonds. The number of carbonyl (C=O) groups excluding carboxylic acids is 2. The highest BCUT2D eigenvalue weighted by Crippen LogP contribution is 2.37. The van der Waals surface area contributed by atoms with Crippen molar-refractivity contribution in [2.24, 2.45) is 0 Å². The third kappa shape index (κ3) is 9.81. The third-order valence-electron chi connectivity index (χ3n) is 10.5. The first-order valence-corrected chi connectivity index (χ1v) is 21.4. The Bertz CT molecular complexity index is 2020. The minimum Gasteiger partial charge on any atom is -0.371 e. The number of amides is 2. The number of carbonyl (C=O) groups is 2. The van der Waals surface area contributed by atoms with Crippen molar-refractivity contribution in [3.8, 4) is 0 Å². The number of likely N-dealkylation sites (N-methyl/N-ethyl adjacent to an activating group) is 1. The van der Waals surface area contributed by atoms with E-state index in [9.17, 15) is 18.0 Å². The van der Waals surface area contributed by atoms with E-state index in [2.05, 4.69) is 47.0 Å². The van der Waals surface area contributed by atoms with E-state index in [0.717, 1.165) is 56.1 Å². The van der Waals surface area contributed by atoms with Gasteiger partial charge in [0.2, 0.25) is 5.91 Å². The molecule has 14 heteroatoms. The molecular weight excluding hydrogens is 838 g/mol. The molecule has 0 saturated heterocycles. The van der Waals surface area contributed by atoms with Gasteiger partial charge in [0.15, 0.2) is 5.82 Å². The Morgan fingerprint density at radius 2 is 1.52 bits per heavy atom. The molecule has 0 bridgehead atoms. The quantitative estimate of drug-likeness (QED) is 0.132. The normalized spacial score (nSPS) is 21.7. The maximum absolute atomic E-state index is 14.5. The molecule has 0 unspecified atom stereocenters. The number of anilines is 1. The smallest absolute Gasteiger partial charge is 0.272 e. The predicted octanol–water partition coefficient (Wildman–Crippen LogP) is 7.84. The van der Waals surface area contributed by atoms with Crippen LogP contribution < -0.4 is 10.0 Å². The SMILES string of the molecule is CN(C(=O)c1cc(NS(=O)(=O)c2ccc(Br)c(Br)c2)nn1CC(=O)N[C@H]1CCCC[C@@H]1OCc1ccccc1)[C@]1(C)CCCC[C@@H]1OCc1ccccc1. The van der Waals surface area contributed by atoms with Crippen LogP contribution in [0.5, 0.6) is 0 Å². The summed E-state index contributed by atoms with van der Waals surface area (Å²) in [5.41, 5.74) is 1.51. The van der Waals surface area contributed by atoms with Gasteiger partial charge in [-0.15, -0.1) is 0 Å². The van der Waals surface area contributed by atoms with Crippen LogP contribution in [0.3, 0.4) is 0 Å². The van der Waals surface area contributed by atoms with Gasteiger partial charge in [-0.1, -0.05) is 86.3 Å². The van der Waals surface area contributed by atoms with Crippen molar-refractivity contribution in [2.75, 3.05) is 11.8 Å². The van der Waals surface area contributed by atoms with Crippen LogP contribution in [0.4, 0.5) is 5.82 Å². The number of rotatable bonds is 14. The predicted molar refractivity (Wildman–Crippen MR) is 214 cm³/mol. The lowest BCUT2D eigenvalue weighted by Gasteiger charge is -2.47. The van der Waals surface area contributed by atoms with Gasteiger partial charge in [-0.05, 0) is 93.8 Å². The fourth-order valence-electron chi connectivity index (χ4n) is 7.33. The molecule has 0 spiro atoms. The van der Waals surface area contributed by atoms with Crippen molar-refractivity contribution in [2.45, 2.75) is 107 Å². The monoisotopic (exact) mass is 883 g/mol. The minimum absolute atomic E-state index is 0.00169. The Labute approximate surface area is 334 Å². The van der Waals surface area contributed by atoms with Gasteiger partial charge in [0.05, 0.1) is 41.9 Å². The Kier molecular flexibility index (Phi) is 13.3. The number of ether oxygens (including phenoxy) is 2. The topological polar surface area (TPSA) is 132 Å². The average Bonchev–Trinajstić information content (AvgIpc) is 3.55. The lowest BCUT2D eigenvalue weighted by atomic mass is 9.79. The number of hydrogen-bond acceptors (Lipinski definition) is 7. The number of hydrogen-bond donors (Lipinski definition) is 2. The van der Waals surface area contributed by atoms with E-state index >= 15 is 0 Å².